The van der Waals surface area contributed by atoms with Gasteiger partial charge in [0.25, 0.3) is 0 Å². The van der Waals surface area contributed by atoms with E-state index in [2.05, 4.69) is 13.0 Å². The number of fused-ring (bicyclic) bond motifs is 1. The first-order chi connectivity index (χ1) is 16.7. The Morgan fingerprint density at radius 1 is 1.26 bits per heavy atom. The van der Waals surface area contributed by atoms with Crippen LogP contribution in [0.25, 0.3) is 10.9 Å². The van der Waals surface area contributed by atoms with Crippen LogP contribution in [0.2, 0.25) is 0 Å². The van der Waals surface area contributed by atoms with Crippen molar-refractivity contribution in [3.8, 4) is 6.07 Å². The average molecular weight is 473 g/mol. The zero-order valence-electron chi connectivity index (χ0n) is 20.6. The second kappa shape index (κ2) is 8.60. The number of Topliss-reactive ketones (excluding diaryl/α,β-unsaturated/α-hetero) is 1. The normalized spacial score (nSPS) is 24.3. The van der Waals surface area contributed by atoms with Gasteiger partial charge in [0.2, 0.25) is 11.8 Å². The highest BCUT2D eigenvalue weighted by Gasteiger charge is 2.43. The van der Waals surface area contributed by atoms with Crippen molar-refractivity contribution in [2.45, 2.75) is 71.4 Å². The second-order valence-electron chi connectivity index (χ2n) is 10.9. The number of nitrogens with zero attached hydrogens (tertiary/aromatic N) is 3. The largest absolute Gasteiger partial charge is 0.444 e. The number of carbonyl (C=O) groups excluding carboxylic acids is 2. The van der Waals surface area contributed by atoms with Gasteiger partial charge in [-0.05, 0) is 43.2 Å². The summed E-state index contributed by atoms with van der Waals surface area (Å²) in [6, 6.07) is 10.3. The lowest BCUT2D eigenvalue weighted by molar-refractivity contribution is -0.135. The van der Waals surface area contributed by atoms with Gasteiger partial charge in [-0.1, -0.05) is 32.0 Å². The molecule has 7 heteroatoms. The summed E-state index contributed by atoms with van der Waals surface area (Å²) in [5.74, 6) is 0.0705. The Morgan fingerprint density at radius 2 is 2.03 bits per heavy atom. The molecular formula is C28H32N4O3. The summed E-state index contributed by atoms with van der Waals surface area (Å²) in [7, 11) is 0. The number of likely N-dealkylation sites (tertiary alicyclic amines) is 1. The number of benzene rings is 1. The van der Waals surface area contributed by atoms with Crippen LogP contribution in [0.1, 0.15) is 64.4 Å². The van der Waals surface area contributed by atoms with E-state index in [-0.39, 0.29) is 41.1 Å². The number of aromatic nitrogens is 1. The fourth-order valence-electron chi connectivity index (χ4n) is 5.94. The van der Waals surface area contributed by atoms with Gasteiger partial charge in [0, 0.05) is 48.1 Å². The van der Waals surface area contributed by atoms with Crippen molar-refractivity contribution < 1.29 is 14.3 Å². The van der Waals surface area contributed by atoms with Crippen LogP contribution in [0.3, 0.4) is 0 Å². The number of hydrogen-bond donors (Lipinski definition) is 1. The number of rotatable bonds is 3. The lowest BCUT2D eigenvalue weighted by atomic mass is 9.70. The minimum atomic E-state index is -0.609. The molecule has 182 valence electrons. The van der Waals surface area contributed by atoms with Crippen molar-refractivity contribution in [1.29, 1.82) is 5.26 Å². The number of ether oxygens (including phenoxy) is 1. The van der Waals surface area contributed by atoms with E-state index in [1.165, 1.54) is 0 Å². The number of piperidine rings is 1. The highest BCUT2D eigenvalue weighted by atomic mass is 16.5. The molecule has 3 aliphatic rings. The maximum atomic E-state index is 13.4. The molecule has 35 heavy (non-hydrogen) atoms. The van der Waals surface area contributed by atoms with Crippen molar-refractivity contribution in [2.75, 3.05) is 6.54 Å². The molecule has 1 aromatic heterocycles. The van der Waals surface area contributed by atoms with E-state index in [9.17, 15) is 14.9 Å². The summed E-state index contributed by atoms with van der Waals surface area (Å²) in [6.45, 7) is 7.17. The molecule has 2 unspecified atom stereocenters. The SMILES string of the molecule is CC1CCCCN1C(=O)Cn1cc(C2C(C#N)=C(N)OC3=C2C(=O)CC(C)(C)C3)c2ccccc21. The van der Waals surface area contributed by atoms with Gasteiger partial charge in [0.05, 0.1) is 5.92 Å². The third kappa shape index (κ3) is 4.01. The summed E-state index contributed by atoms with van der Waals surface area (Å²) in [6.07, 6.45) is 6.09. The van der Waals surface area contributed by atoms with Crippen molar-refractivity contribution in [3.05, 3.63) is 58.8 Å². The Labute approximate surface area is 205 Å². The molecule has 1 aromatic carbocycles. The third-order valence-electron chi connectivity index (χ3n) is 7.63. The Morgan fingerprint density at radius 3 is 2.77 bits per heavy atom. The van der Waals surface area contributed by atoms with E-state index in [0.29, 0.717) is 24.2 Å². The van der Waals surface area contributed by atoms with Crippen LogP contribution in [0, 0.1) is 16.7 Å². The smallest absolute Gasteiger partial charge is 0.242 e. The van der Waals surface area contributed by atoms with E-state index in [0.717, 1.165) is 42.3 Å². The van der Waals surface area contributed by atoms with Gasteiger partial charge in [-0.15, -0.1) is 0 Å². The molecule has 1 amide bonds. The Kier molecular flexibility index (Phi) is 5.71. The highest BCUT2D eigenvalue weighted by molar-refractivity contribution is 6.01. The van der Waals surface area contributed by atoms with Crippen molar-refractivity contribution in [1.82, 2.24) is 9.47 Å². The molecule has 3 heterocycles. The van der Waals surface area contributed by atoms with Gasteiger partial charge in [-0.25, -0.2) is 0 Å². The van der Waals surface area contributed by atoms with Crippen LogP contribution >= 0.6 is 0 Å². The topological polar surface area (TPSA) is 101 Å². The molecule has 2 aliphatic heterocycles. The van der Waals surface area contributed by atoms with Crippen LogP contribution in [-0.2, 0) is 20.9 Å². The van der Waals surface area contributed by atoms with Crippen LogP contribution < -0.4 is 5.73 Å². The zero-order chi connectivity index (χ0) is 24.9. The maximum Gasteiger partial charge on any atom is 0.242 e. The van der Waals surface area contributed by atoms with E-state index in [4.69, 9.17) is 10.5 Å². The number of carbonyl (C=O) groups is 2. The molecule has 5 rings (SSSR count). The van der Waals surface area contributed by atoms with Gasteiger partial charge in [0.15, 0.2) is 5.78 Å². The lowest BCUT2D eigenvalue weighted by Crippen LogP contribution is -2.43. The number of ketones is 1. The molecule has 0 spiro atoms. The van der Waals surface area contributed by atoms with Gasteiger partial charge >= 0.3 is 0 Å². The Hall–Kier alpha value is -3.53. The van der Waals surface area contributed by atoms with Crippen LogP contribution in [0.5, 0.6) is 0 Å². The Balaban J connectivity index is 1.61. The molecule has 1 fully saturated rings. The van der Waals surface area contributed by atoms with Crippen molar-refractivity contribution in [2.24, 2.45) is 11.1 Å². The third-order valence-corrected chi connectivity index (χ3v) is 7.63. The van der Waals surface area contributed by atoms with E-state index < -0.39 is 5.92 Å². The fraction of sp³-hybridized carbons (Fsp3) is 0.464. The minimum Gasteiger partial charge on any atom is -0.444 e. The van der Waals surface area contributed by atoms with Crippen LogP contribution in [-0.4, -0.2) is 33.7 Å². The number of para-hydroxylation sites is 1. The molecular weight excluding hydrogens is 440 g/mol. The minimum absolute atomic E-state index is 0.0171. The van der Waals surface area contributed by atoms with E-state index >= 15 is 0 Å². The van der Waals surface area contributed by atoms with E-state index in [1.54, 1.807) is 0 Å². The van der Waals surface area contributed by atoms with Gasteiger partial charge < -0.3 is 19.9 Å². The molecule has 0 saturated carbocycles. The number of amides is 1. The standard InChI is InChI=1S/C28H32N4O3/c1-17-8-6-7-11-32(17)24(34)16-31-15-20(18-9-4-5-10-21(18)31)25-19(14-29)27(30)35-23-13-28(2,3)12-22(33)26(23)25/h4-5,9-10,15,17,25H,6-8,11-13,16,30H2,1-3H3. The fourth-order valence-corrected chi connectivity index (χ4v) is 5.94. The van der Waals surface area contributed by atoms with Gasteiger partial charge in [-0.3, -0.25) is 9.59 Å². The highest BCUT2D eigenvalue weighted by Crippen LogP contribution is 2.49. The molecule has 0 radical (unpaired) electrons. The van der Waals surface area contributed by atoms with Gasteiger partial charge in [0.1, 0.15) is 23.9 Å². The quantitative estimate of drug-likeness (QED) is 0.709. The molecule has 2 aromatic rings. The molecule has 0 bridgehead atoms. The molecule has 1 aliphatic carbocycles. The summed E-state index contributed by atoms with van der Waals surface area (Å²) in [4.78, 5) is 28.6. The monoisotopic (exact) mass is 472 g/mol. The summed E-state index contributed by atoms with van der Waals surface area (Å²) in [5, 5.41) is 10.9. The maximum absolute atomic E-state index is 13.4. The number of allylic oxidation sites excluding steroid dienone is 3. The summed E-state index contributed by atoms with van der Waals surface area (Å²) < 4.78 is 7.80. The lowest BCUT2D eigenvalue weighted by Gasteiger charge is -2.37. The van der Waals surface area contributed by atoms with Gasteiger partial charge in [-0.2, -0.15) is 5.26 Å². The first kappa shape index (κ1) is 23.2. The zero-order valence-corrected chi connectivity index (χ0v) is 20.6. The summed E-state index contributed by atoms with van der Waals surface area (Å²) in [5.41, 5.74) is 8.46. The molecule has 7 nitrogen and oxygen atoms in total. The molecule has 1 saturated heterocycles. The molecule has 2 N–H and O–H groups in total. The first-order valence-electron chi connectivity index (χ1n) is 12.4. The Bertz CT molecular complexity index is 1320. The summed E-state index contributed by atoms with van der Waals surface area (Å²) >= 11 is 0. The predicted octanol–water partition coefficient (Wildman–Crippen LogP) is 4.49. The first-order valence-corrected chi connectivity index (χ1v) is 12.4. The average Bonchev–Trinajstić information content (AvgIpc) is 3.15. The van der Waals surface area contributed by atoms with Crippen LogP contribution in [0.15, 0.2) is 53.3 Å². The predicted molar refractivity (Wildman–Crippen MR) is 133 cm³/mol. The van der Waals surface area contributed by atoms with E-state index in [1.807, 2.05) is 53.8 Å². The van der Waals surface area contributed by atoms with Crippen molar-refractivity contribution in [3.63, 3.8) is 0 Å². The van der Waals surface area contributed by atoms with Crippen molar-refractivity contribution >= 4 is 22.6 Å². The number of nitriles is 1. The second-order valence-corrected chi connectivity index (χ2v) is 10.9. The number of nitrogens with two attached hydrogens (primary N) is 1. The number of hydrogen-bond acceptors (Lipinski definition) is 5. The van der Waals surface area contributed by atoms with Crippen LogP contribution in [0.4, 0.5) is 0 Å². The molecule has 2 atom stereocenters.